The number of allylic oxidation sites excluding steroid dienone is 4. The van der Waals surface area contributed by atoms with E-state index >= 15 is 0 Å². The lowest BCUT2D eigenvalue weighted by Crippen LogP contribution is -2.55. The van der Waals surface area contributed by atoms with Crippen molar-refractivity contribution in [1.29, 1.82) is 0 Å². The molecule has 3 fully saturated rings. The number of aliphatic hydroxyl groups is 4. The van der Waals surface area contributed by atoms with Gasteiger partial charge in [-0.15, -0.1) is 0 Å². The summed E-state index contributed by atoms with van der Waals surface area (Å²) in [6.07, 6.45) is -1.61. The Hall–Kier alpha value is -1.36. The van der Waals surface area contributed by atoms with Gasteiger partial charge in [0.1, 0.15) is 0 Å². The molecule has 42 heavy (non-hydrogen) atoms. The average Bonchev–Trinajstić information content (AvgIpc) is 3.16. The van der Waals surface area contributed by atoms with E-state index in [9.17, 15) is 46.8 Å². The lowest BCUT2D eigenvalue weighted by atomic mass is 9.59. The van der Waals surface area contributed by atoms with Gasteiger partial charge in [0, 0.05) is 0 Å². The van der Waals surface area contributed by atoms with Crippen LogP contribution in [0.15, 0.2) is 34.9 Å². The summed E-state index contributed by atoms with van der Waals surface area (Å²) in [7, 11) is 0. The molecule has 0 aromatic carbocycles. The Morgan fingerprint density at radius 1 is 0.976 bits per heavy atom. The van der Waals surface area contributed by atoms with Gasteiger partial charge in [-0.1, -0.05) is 42.2 Å². The molecule has 0 bridgehead atoms. The maximum Gasteiger partial charge on any atom is 0.430 e. The van der Waals surface area contributed by atoms with E-state index < -0.39 is 35.8 Å². The van der Waals surface area contributed by atoms with Crippen molar-refractivity contribution in [2.24, 2.45) is 23.2 Å². The Morgan fingerprint density at radius 2 is 1.57 bits per heavy atom. The third kappa shape index (κ3) is 8.21. The van der Waals surface area contributed by atoms with Gasteiger partial charge in [0.05, 0.1) is 17.8 Å². The highest BCUT2D eigenvalue weighted by Gasteiger charge is 2.69. The van der Waals surface area contributed by atoms with E-state index in [0.29, 0.717) is 38.5 Å². The molecule has 0 heterocycles. The van der Waals surface area contributed by atoms with Crippen LogP contribution < -0.4 is 0 Å². The predicted octanol–water partition coefficient (Wildman–Crippen LogP) is 7.71. The minimum Gasteiger partial charge on any atom is -0.393 e. The van der Waals surface area contributed by atoms with Crippen molar-refractivity contribution in [2.45, 2.75) is 141 Å². The van der Waals surface area contributed by atoms with Gasteiger partial charge in [0.15, 0.2) is 0 Å². The fourth-order valence-corrected chi connectivity index (χ4v) is 7.98. The van der Waals surface area contributed by atoms with Crippen molar-refractivity contribution in [1.82, 2.24) is 0 Å². The third-order valence-corrected chi connectivity index (χ3v) is 9.95. The lowest BCUT2D eigenvalue weighted by molar-refractivity contribution is -0.348. The highest BCUT2D eigenvalue weighted by molar-refractivity contribution is 5.26. The van der Waals surface area contributed by atoms with Crippen molar-refractivity contribution >= 4 is 0 Å². The van der Waals surface area contributed by atoms with Crippen LogP contribution in [0, 0.1) is 23.2 Å². The number of rotatable bonds is 9. The van der Waals surface area contributed by atoms with Gasteiger partial charge >= 0.3 is 12.4 Å². The zero-order valence-electron chi connectivity index (χ0n) is 25.2. The number of halogens is 6. The molecule has 3 rings (SSSR count). The molecule has 3 aliphatic carbocycles. The van der Waals surface area contributed by atoms with Crippen molar-refractivity contribution in [3.8, 4) is 0 Å². The molecule has 242 valence electrons. The van der Waals surface area contributed by atoms with Gasteiger partial charge in [0.25, 0.3) is 5.60 Å². The molecule has 0 spiro atoms. The zero-order valence-corrected chi connectivity index (χ0v) is 25.2. The molecule has 0 radical (unpaired) electrons. The molecule has 3 saturated carbocycles. The first-order valence-corrected chi connectivity index (χ1v) is 15.2. The lowest BCUT2D eigenvalue weighted by Gasteiger charge is -2.45. The molecule has 0 amide bonds. The monoisotopic (exact) mass is 610 g/mol. The largest absolute Gasteiger partial charge is 0.430 e. The van der Waals surface area contributed by atoms with E-state index in [0.717, 1.165) is 37.7 Å². The Balaban J connectivity index is 1.89. The topological polar surface area (TPSA) is 80.9 Å². The number of hydrogen-bond acceptors (Lipinski definition) is 4. The zero-order chi connectivity index (χ0) is 31.7. The minimum absolute atomic E-state index is 0.00776. The number of fused-ring (bicyclic) bond motifs is 1. The Labute approximate surface area is 245 Å². The summed E-state index contributed by atoms with van der Waals surface area (Å²) in [5.41, 5.74) is -3.96. The van der Waals surface area contributed by atoms with Crippen LogP contribution in [0.1, 0.15) is 105 Å². The van der Waals surface area contributed by atoms with Gasteiger partial charge in [-0.05, 0) is 121 Å². The highest BCUT2D eigenvalue weighted by Crippen LogP contribution is 2.61. The van der Waals surface area contributed by atoms with E-state index in [1.807, 2.05) is 6.08 Å². The van der Waals surface area contributed by atoms with Gasteiger partial charge < -0.3 is 20.4 Å². The fourth-order valence-electron chi connectivity index (χ4n) is 7.98. The quantitative estimate of drug-likeness (QED) is 0.159. The van der Waals surface area contributed by atoms with Gasteiger partial charge in [0.2, 0.25) is 0 Å². The van der Waals surface area contributed by atoms with Crippen LogP contribution >= 0.6 is 0 Å². The molecule has 0 saturated heterocycles. The molecule has 4 nitrogen and oxygen atoms in total. The van der Waals surface area contributed by atoms with Crippen molar-refractivity contribution in [3.63, 3.8) is 0 Å². The fraction of sp³-hybridized carbons (Fsp3) is 0.812. The Kier molecular flexibility index (Phi) is 10.8. The van der Waals surface area contributed by atoms with E-state index in [4.69, 9.17) is 0 Å². The van der Waals surface area contributed by atoms with Gasteiger partial charge in [-0.3, -0.25) is 0 Å². The van der Waals surface area contributed by atoms with Crippen molar-refractivity contribution in [3.05, 3.63) is 34.9 Å². The van der Waals surface area contributed by atoms with Crippen molar-refractivity contribution < 1.29 is 46.8 Å². The first kappa shape index (κ1) is 35.1. The number of alkyl halides is 6. The second kappa shape index (κ2) is 12.9. The summed E-state index contributed by atoms with van der Waals surface area (Å²) in [6.45, 7) is 6.76. The van der Waals surface area contributed by atoms with Crippen LogP contribution in [0.25, 0.3) is 0 Å². The second-order valence-corrected chi connectivity index (χ2v) is 14.0. The molecule has 0 aliphatic heterocycles. The van der Waals surface area contributed by atoms with E-state index in [1.54, 1.807) is 13.8 Å². The van der Waals surface area contributed by atoms with Crippen LogP contribution in [0.4, 0.5) is 26.3 Å². The van der Waals surface area contributed by atoms with E-state index in [1.165, 1.54) is 12.5 Å². The molecule has 4 N–H and O–H groups in total. The molecule has 0 aromatic heterocycles. The van der Waals surface area contributed by atoms with Crippen LogP contribution in [-0.2, 0) is 0 Å². The summed E-state index contributed by atoms with van der Waals surface area (Å²) in [5, 5.41) is 40.1. The molecular formula is C32H48F6O4. The molecule has 10 heteroatoms. The summed E-state index contributed by atoms with van der Waals surface area (Å²) >= 11 is 0. The van der Waals surface area contributed by atoms with Gasteiger partial charge in [-0.2, -0.15) is 26.3 Å². The van der Waals surface area contributed by atoms with Gasteiger partial charge in [-0.25, -0.2) is 0 Å². The first-order valence-electron chi connectivity index (χ1n) is 15.2. The molecule has 0 aromatic rings. The molecule has 2 unspecified atom stereocenters. The number of aliphatic hydroxyl groups excluding tert-OH is 2. The first-order chi connectivity index (χ1) is 19.2. The summed E-state index contributed by atoms with van der Waals surface area (Å²) in [4.78, 5) is 0. The second-order valence-electron chi connectivity index (χ2n) is 14.0. The van der Waals surface area contributed by atoms with Crippen LogP contribution in [0.5, 0.6) is 0 Å². The smallest absolute Gasteiger partial charge is 0.393 e. The average molecular weight is 611 g/mol. The summed E-state index contributed by atoms with van der Waals surface area (Å²) in [5.74, 6) is 0.0488. The van der Waals surface area contributed by atoms with Crippen LogP contribution in [-0.4, -0.2) is 56.2 Å². The normalized spacial score (nSPS) is 31.8. The maximum absolute atomic E-state index is 13.4. The SMILES string of the molecule is C/C(=C/C(O)(C(F)(F)F)C(F)(F)F)C[C@H](CCCC(C)(C)O)C1CCC2/C(=C/C=C3C[C@@H](O)C[C@H](O)C3)CCC[C@@]21C. The van der Waals surface area contributed by atoms with Crippen LogP contribution in [0.2, 0.25) is 0 Å². The Bertz CT molecular complexity index is 995. The summed E-state index contributed by atoms with van der Waals surface area (Å²) < 4.78 is 80.6. The van der Waals surface area contributed by atoms with E-state index in [2.05, 4.69) is 13.0 Å². The number of hydrogen-bond donors (Lipinski definition) is 4. The molecule has 3 aliphatic rings. The Morgan fingerprint density at radius 3 is 2.12 bits per heavy atom. The predicted molar refractivity (Wildman–Crippen MR) is 149 cm³/mol. The molecule has 6 atom stereocenters. The third-order valence-electron chi connectivity index (χ3n) is 9.95. The van der Waals surface area contributed by atoms with E-state index in [-0.39, 0.29) is 41.2 Å². The summed E-state index contributed by atoms with van der Waals surface area (Å²) in [6, 6.07) is 0. The standard InChI is InChI=1S/C32H48F6O4/c1-20(19-30(42,31(33,34)35)32(36,37)38)15-23(8-5-13-28(2,3)41)27-12-11-26-22(7-6-14-29(26,27)4)10-9-21-16-24(39)18-25(40)17-21/h9-10,19,23-27,39-42H,5-8,11-18H2,1-4H3/b20-19-,22-10+/t23-,24+,25+,26?,27?,29-/m0/s1. The minimum atomic E-state index is -5.91. The van der Waals surface area contributed by atoms with Crippen LogP contribution in [0.3, 0.4) is 0 Å². The molecular weight excluding hydrogens is 562 g/mol. The van der Waals surface area contributed by atoms with Crippen molar-refractivity contribution in [2.75, 3.05) is 0 Å². The maximum atomic E-state index is 13.4. The highest BCUT2D eigenvalue weighted by atomic mass is 19.4.